The second-order valence-electron chi connectivity index (χ2n) is 13.2. The van der Waals surface area contributed by atoms with Crippen molar-refractivity contribution in [2.75, 3.05) is 0 Å². The van der Waals surface area contributed by atoms with E-state index < -0.39 is 10.1 Å². The second kappa shape index (κ2) is 7.56. The van der Waals surface area contributed by atoms with Crippen LogP contribution in [0.5, 0.6) is 5.75 Å². The maximum absolute atomic E-state index is 13.9. The van der Waals surface area contributed by atoms with E-state index in [1.807, 2.05) is 13.8 Å². The van der Waals surface area contributed by atoms with Crippen LogP contribution in [0, 0.1) is 72.0 Å². The summed E-state index contributed by atoms with van der Waals surface area (Å²) in [5.74, 6) is 7.80. The lowest BCUT2D eigenvalue weighted by atomic mass is 9.42. The van der Waals surface area contributed by atoms with Gasteiger partial charge in [0.2, 0.25) is 0 Å². The van der Waals surface area contributed by atoms with Gasteiger partial charge in [0.15, 0.2) is 0 Å². The first-order valence-corrected chi connectivity index (χ1v) is 15.4. The standard InChI is InChI=1S/C29H38O5S/c1-13(2)19-12-22(14(3)8-23(19)35(31,32)33)34-29(30)21-11-20-24-15-4-6-17(9-15)26(24)28(21)27-18-7-5-16(10-18)25(20)27/h8,12-13,15-18,20-21,24-28H,4-7,9-11H2,1-3H3,(H,31,32,33)/p-1. The lowest BCUT2D eigenvalue weighted by Gasteiger charge is -2.62. The van der Waals surface area contributed by atoms with Crippen LogP contribution in [-0.4, -0.2) is 18.9 Å². The molecule has 35 heavy (non-hydrogen) atoms. The van der Waals surface area contributed by atoms with Crippen LogP contribution in [0.4, 0.5) is 0 Å². The van der Waals surface area contributed by atoms with Crippen LogP contribution >= 0.6 is 0 Å². The van der Waals surface area contributed by atoms with E-state index in [4.69, 9.17) is 4.74 Å². The first kappa shape index (κ1) is 22.8. The zero-order chi connectivity index (χ0) is 24.4. The van der Waals surface area contributed by atoms with Crippen LogP contribution < -0.4 is 4.74 Å². The van der Waals surface area contributed by atoms with E-state index in [1.165, 1.54) is 44.6 Å². The van der Waals surface area contributed by atoms with Crippen LogP contribution in [-0.2, 0) is 14.9 Å². The summed E-state index contributed by atoms with van der Waals surface area (Å²) in [7, 11) is -4.59. The maximum atomic E-state index is 13.9. The summed E-state index contributed by atoms with van der Waals surface area (Å²) in [5.41, 5.74) is 0.966. The average Bonchev–Trinajstić information content (AvgIpc) is 3.60. The molecule has 0 aromatic heterocycles. The fraction of sp³-hybridized carbons (Fsp3) is 0.759. The number of carbonyl (C=O) groups is 1. The lowest BCUT2D eigenvalue weighted by molar-refractivity contribution is -0.175. The van der Waals surface area contributed by atoms with Crippen LogP contribution in [0.15, 0.2) is 17.0 Å². The summed E-state index contributed by atoms with van der Waals surface area (Å²) in [6, 6.07) is 3.02. The van der Waals surface area contributed by atoms with Crippen molar-refractivity contribution in [1.82, 2.24) is 0 Å². The molecule has 0 heterocycles. The molecule has 6 heteroatoms. The Hall–Kier alpha value is -1.40. The molecule has 0 spiro atoms. The molecule has 0 amide bonds. The Morgan fingerprint density at radius 3 is 1.94 bits per heavy atom. The van der Waals surface area contributed by atoms with E-state index in [9.17, 15) is 17.8 Å². The van der Waals surface area contributed by atoms with Gasteiger partial charge in [0.1, 0.15) is 15.9 Å². The van der Waals surface area contributed by atoms with Crippen LogP contribution in [0.2, 0.25) is 0 Å². The number of hydrogen-bond acceptors (Lipinski definition) is 5. The molecule has 9 atom stereocenters. The van der Waals surface area contributed by atoms with Crippen LogP contribution in [0.25, 0.3) is 0 Å². The number of benzene rings is 1. The highest BCUT2D eigenvalue weighted by atomic mass is 32.2. The van der Waals surface area contributed by atoms with Crippen LogP contribution in [0.1, 0.15) is 75.8 Å². The van der Waals surface area contributed by atoms with Gasteiger partial charge in [-0.05, 0) is 140 Å². The predicted molar refractivity (Wildman–Crippen MR) is 130 cm³/mol. The number of fused-ring (bicyclic) bond motifs is 5. The highest BCUT2D eigenvalue weighted by Crippen LogP contribution is 2.75. The minimum Gasteiger partial charge on any atom is -0.744 e. The first-order chi connectivity index (χ1) is 16.6. The Bertz CT molecular complexity index is 1150. The highest BCUT2D eigenvalue weighted by Gasteiger charge is 2.70. The van der Waals surface area contributed by atoms with E-state index >= 15 is 0 Å². The Labute approximate surface area is 209 Å². The van der Waals surface area contributed by atoms with Gasteiger partial charge in [0, 0.05) is 0 Å². The van der Waals surface area contributed by atoms with Gasteiger partial charge in [-0.2, -0.15) is 0 Å². The molecular weight excluding hydrogens is 460 g/mol. The summed E-state index contributed by atoms with van der Waals surface area (Å²) in [6.07, 6.45) is 9.28. The monoisotopic (exact) mass is 497 g/mol. The molecule has 6 bridgehead atoms. The van der Waals surface area contributed by atoms with Crippen molar-refractivity contribution in [3.05, 3.63) is 23.3 Å². The van der Waals surface area contributed by atoms with E-state index in [-0.39, 0.29) is 22.7 Å². The summed E-state index contributed by atoms with van der Waals surface area (Å²) in [4.78, 5) is 13.7. The molecule has 9 unspecified atom stereocenters. The quantitative estimate of drug-likeness (QED) is 0.311. The molecule has 1 aromatic carbocycles. The smallest absolute Gasteiger partial charge is 0.314 e. The van der Waals surface area contributed by atoms with Gasteiger partial charge in [-0.25, -0.2) is 8.42 Å². The molecule has 190 valence electrons. The van der Waals surface area contributed by atoms with Crippen molar-refractivity contribution in [2.24, 2.45) is 65.1 Å². The average molecular weight is 498 g/mol. The second-order valence-corrected chi connectivity index (χ2v) is 14.6. The molecule has 7 aliphatic carbocycles. The van der Waals surface area contributed by atoms with Crippen LogP contribution in [0.3, 0.4) is 0 Å². The number of rotatable bonds is 4. The highest BCUT2D eigenvalue weighted by molar-refractivity contribution is 7.85. The number of carbonyl (C=O) groups excluding carboxylic acids is 1. The van der Waals surface area contributed by atoms with Crippen molar-refractivity contribution in [2.45, 2.75) is 76.5 Å². The van der Waals surface area contributed by atoms with Crippen molar-refractivity contribution >= 4 is 16.1 Å². The molecular formula is C29H37O5S-. The summed E-state index contributed by atoms with van der Waals surface area (Å²) >= 11 is 0. The molecule has 7 saturated carbocycles. The van der Waals surface area contributed by atoms with Gasteiger partial charge < -0.3 is 9.29 Å². The van der Waals surface area contributed by atoms with Crippen molar-refractivity contribution in [3.63, 3.8) is 0 Å². The molecule has 7 fully saturated rings. The molecule has 0 radical (unpaired) electrons. The third kappa shape index (κ3) is 3.14. The number of ether oxygens (including phenoxy) is 1. The first-order valence-electron chi connectivity index (χ1n) is 14.0. The fourth-order valence-electron chi connectivity index (χ4n) is 10.9. The third-order valence-electron chi connectivity index (χ3n) is 11.7. The number of esters is 1. The summed E-state index contributed by atoms with van der Waals surface area (Å²) < 4.78 is 41.7. The fourth-order valence-corrected chi connectivity index (χ4v) is 11.8. The van der Waals surface area contributed by atoms with Crippen molar-refractivity contribution in [1.29, 1.82) is 0 Å². The predicted octanol–water partition coefficient (Wildman–Crippen LogP) is 5.52. The SMILES string of the molecule is Cc1cc(S(=O)(=O)[O-])c(C(C)C)cc1OC(=O)C1CC2C3C4CCC(C4)C3C1C1C3CCC(C3)C21. The third-order valence-corrected chi connectivity index (χ3v) is 12.6. The van der Waals surface area contributed by atoms with Gasteiger partial charge in [0.25, 0.3) is 0 Å². The molecule has 0 N–H and O–H groups in total. The van der Waals surface area contributed by atoms with Gasteiger partial charge in [0.05, 0.1) is 10.8 Å². The lowest BCUT2D eigenvalue weighted by Crippen LogP contribution is -2.59. The van der Waals surface area contributed by atoms with Gasteiger partial charge in [-0.3, -0.25) is 4.79 Å². The van der Waals surface area contributed by atoms with Gasteiger partial charge >= 0.3 is 5.97 Å². The molecule has 1 aromatic rings. The Morgan fingerprint density at radius 1 is 0.886 bits per heavy atom. The Balaban J connectivity index is 1.22. The topological polar surface area (TPSA) is 83.5 Å². The van der Waals surface area contributed by atoms with E-state index in [2.05, 4.69) is 0 Å². The minimum atomic E-state index is -4.59. The zero-order valence-corrected chi connectivity index (χ0v) is 21.8. The summed E-state index contributed by atoms with van der Waals surface area (Å²) in [6.45, 7) is 5.44. The molecule has 0 aliphatic heterocycles. The number of hydrogen-bond donors (Lipinski definition) is 0. The summed E-state index contributed by atoms with van der Waals surface area (Å²) in [5, 5.41) is 0. The zero-order valence-electron chi connectivity index (χ0n) is 21.0. The largest absolute Gasteiger partial charge is 0.744 e. The maximum Gasteiger partial charge on any atom is 0.314 e. The molecule has 7 aliphatic rings. The molecule has 8 rings (SSSR count). The van der Waals surface area contributed by atoms with E-state index in [0.717, 1.165) is 41.9 Å². The minimum absolute atomic E-state index is 0.0361. The van der Waals surface area contributed by atoms with E-state index in [1.54, 1.807) is 13.0 Å². The van der Waals surface area contributed by atoms with Crippen molar-refractivity contribution in [3.8, 4) is 5.75 Å². The van der Waals surface area contributed by atoms with Crippen molar-refractivity contribution < 1.29 is 22.5 Å². The van der Waals surface area contributed by atoms with Gasteiger partial charge in [-0.15, -0.1) is 0 Å². The number of aryl methyl sites for hydroxylation is 1. The normalized spacial score (nSPS) is 44.7. The molecule has 0 saturated heterocycles. The van der Waals surface area contributed by atoms with E-state index in [0.29, 0.717) is 40.5 Å². The Morgan fingerprint density at radius 2 is 1.43 bits per heavy atom. The van der Waals surface area contributed by atoms with Gasteiger partial charge in [-0.1, -0.05) is 13.8 Å². The Kier molecular flexibility index (Phi) is 4.92. The molecule has 5 nitrogen and oxygen atoms in total.